The van der Waals surface area contributed by atoms with E-state index in [9.17, 15) is 4.79 Å². The maximum absolute atomic E-state index is 14.0. The molecule has 5 rings (SSSR count). The van der Waals surface area contributed by atoms with Gasteiger partial charge in [-0.1, -0.05) is 68.3 Å². The summed E-state index contributed by atoms with van der Waals surface area (Å²) in [5, 5.41) is 3.60. The zero-order chi connectivity index (χ0) is 29.6. The van der Waals surface area contributed by atoms with Crippen molar-refractivity contribution < 1.29 is 19.0 Å². The molecule has 0 bridgehead atoms. The van der Waals surface area contributed by atoms with Crippen LogP contribution in [0.5, 0.6) is 11.5 Å². The molecule has 0 saturated heterocycles. The number of nitrogens with one attached hydrogen (secondary N) is 1. The van der Waals surface area contributed by atoms with E-state index in [4.69, 9.17) is 14.2 Å². The predicted molar refractivity (Wildman–Crippen MR) is 174 cm³/mol. The Morgan fingerprint density at radius 3 is 1.95 bits per heavy atom. The van der Waals surface area contributed by atoms with Gasteiger partial charge in [0.1, 0.15) is 11.5 Å². The van der Waals surface area contributed by atoms with Gasteiger partial charge in [-0.25, -0.2) is 4.79 Å². The second kappa shape index (κ2) is 13.5. The highest BCUT2D eigenvalue weighted by Crippen LogP contribution is 2.51. The van der Waals surface area contributed by atoms with Crippen molar-refractivity contribution >= 4 is 49.2 Å². The Morgan fingerprint density at radius 2 is 1.36 bits per heavy atom. The standard InChI is InChI=1S/C34H32Br2N2O4/c1-4-42-34(39)32-28(37-24-17-13-22(35)14-18-24)21-29(26-9-5-7-11-30(26)40-2)38(25-19-15-23(36)16-20-25)33(32)27-10-6-8-12-31(27)41-3/h5-20,29,33,37H,4,21H2,1-3H3. The number of methoxy groups -OCH3 is 2. The Bertz CT molecular complexity index is 1570. The average Bonchev–Trinajstić information content (AvgIpc) is 3.02. The lowest BCUT2D eigenvalue weighted by molar-refractivity contribution is -0.139. The Balaban J connectivity index is 1.83. The average molecular weight is 692 g/mol. The summed E-state index contributed by atoms with van der Waals surface area (Å²) in [6, 6.07) is 31.2. The molecular formula is C34H32Br2N2O4. The van der Waals surface area contributed by atoms with E-state index in [0.29, 0.717) is 17.7 Å². The highest BCUT2D eigenvalue weighted by molar-refractivity contribution is 9.10. The van der Waals surface area contributed by atoms with Crippen LogP contribution in [0.3, 0.4) is 0 Å². The third-order valence-corrected chi connectivity index (χ3v) is 8.36. The SMILES string of the molecule is CCOC(=O)C1=C(Nc2ccc(Br)cc2)CC(c2ccccc2OC)N(c2ccc(Br)cc2)C1c1ccccc1OC. The molecular weight excluding hydrogens is 660 g/mol. The fraction of sp³-hybridized carbons (Fsp3) is 0.206. The molecule has 4 aromatic rings. The smallest absolute Gasteiger partial charge is 0.338 e. The second-order valence-corrected chi connectivity index (χ2v) is 11.6. The maximum Gasteiger partial charge on any atom is 0.338 e. The summed E-state index contributed by atoms with van der Waals surface area (Å²) in [5.74, 6) is 1.06. The molecule has 0 saturated carbocycles. The molecule has 0 aromatic heterocycles. The van der Waals surface area contributed by atoms with Crippen LogP contribution < -0.4 is 19.7 Å². The monoisotopic (exact) mass is 690 g/mol. The number of nitrogens with zero attached hydrogens (tertiary/aromatic N) is 1. The van der Waals surface area contributed by atoms with Crippen LogP contribution in [-0.4, -0.2) is 26.8 Å². The van der Waals surface area contributed by atoms with E-state index >= 15 is 0 Å². The third-order valence-electron chi connectivity index (χ3n) is 7.30. The summed E-state index contributed by atoms with van der Waals surface area (Å²) < 4.78 is 19.4. The van der Waals surface area contributed by atoms with Crippen LogP contribution in [0, 0.1) is 0 Å². The molecule has 8 heteroatoms. The first-order valence-electron chi connectivity index (χ1n) is 13.7. The number of carbonyl (C=O) groups is 1. The van der Waals surface area contributed by atoms with Crippen molar-refractivity contribution in [3.8, 4) is 11.5 Å². The largest absolute Gasteiger partial charge is 0.496 e. The molecule has 1 heterocycles. The number of anilines is 2. The van der Waals surface area contributed by atoms with E-state index in [0.717, 1.165) is 42.9 Å². The molecule has 1 aliphatic heterocycles. The highest BCUT2D eigenvalue weighted by atomic mass is 79.9. The zero-order valence-electron chi connectivity index (χ0n) is 23.6. The van der Waals surface area contributed by atoms with Gasteiger partial charge in [0.2, 0.25) is 0 Å². The van der Waals surface area contributed by atoms with Gasteiger partial charge in [0.25, 0.3) is 0 Å². The van der Waals surface area contributed by atoms with E-state index in [2.05, 4.69) is 60.3 Å². The minimum Gasteiger partial charge on any atom is -0.496 e. The van der Waals surface area contributed by atoms with E-state index in [1.165, 1.54) is 0 Å². The van der Waals surface area contributed by atoms with Gasteiger partial charge in [-0.15, -0.1) is 0 Å². The number of esters is 1. The van der Waals surface area contributed by atoms with Crippen molar-refractivity contribution in [2.45, 2.75) is 25.4 Å². The minimum atomic E-state index is -0.553. The fourth-order valence-electron chi connectivity index (χ4n) is 5.50. The Hall–Kier alpha value is -3.75. The number of carbonyl (C=O) groups excluding carboxylic acids is 1. The lowest BCUT2D eigenvalue weighted by atomic mass is 9.83. The molecule has 0 radical (unpaired) electrons. The Labute approximate surface area is 263 Å². The third kappa shape index (κ3) is 6.20. The molecule has 0 fully saturated rings. The Kier molecular flexibility index (Phi) is 9.55. The molecule has 0 spiro atoms. The number of halogens is 2. The predicted octanol–water partition coefficient (Wildman–Crippen LogP) is 8.85. The molecule has 216 valence electrons. The molecule has 6 nitrogen and oxygen atoms in total. The summed E-state index contributed by atoms with van der Waals surface area (Å²) in [5.41, 5.74) is 4.95. The van der Waals surface area contributed by atoms with Crippen molar-refractivity contribution in [3.63, 3.8) is 0 Å². The van der Waals surface area contributed by atoms with E-state index in [1.54, 1.807) is 14.2 Å². The summed E-state index contributed by atoms with van der Waals surface area (Å²) >= 11 is 7.11. The first-order valence-corrected chi connectivity index (χ1v) is 15.3. The second-order valence-electron chi connectivity index (χ2n) is 9.73. The summed E-state index contributed by atoms with van der Waals surface area (Å²) in [7, 11) is 3.34. The fourth-order valence-corrected chi connectivity index (χ4v) is 6.03. The van der Waals surface area contributed by atoms with Gasteiger partial charge in [-0.3, -0.25) is 0 Å². The van der Waals surface area contributed by atoms with Crippen LogP contribution in [0.4, 0.5) is 11.4 Å². The van der Waals surface area contributed by atoms with Gasteiger partial charge in [-0.2, -0.15) is 0 Å². The molecule has 42 heavy (non-hydrogen) atoms. The molecule has 2 unspecified atom stereocenters. The lowest BCUT2D eigenvalue weighted by Crippen LogP contribution is -2.42. The summed E-state index contributed by atoms with van der Waals surface area (Å²) in [4.78, 5) is 16.3. The molecule has 4 aromatic carbocycles. The molecule has 1 aliphatic rings. The molecule has 0 amide bonds. The molecule has 0 aliphatic carbocycles. The number of ether oxygens (including phenoxy) is 3. The van der Waals surface area contributed by atoms with Crippen molar-refractivity contribution in [1.82, 2.24) is 0 Å². The van der Waals surface area contributed by atoms with Crippen molar-refractivity contribution in [3.05, 3.63) is 128 Å². The van der Waals surface area contributed by atoms with Crippen LogP contribution in [-0.2, 0) is 9.53 Å². The molecule has 1 N–H and O–H groups in total. The highest BCUT2D eigenvalue weighted by Gasteiger charge is 2.43. The summed E-state index contributed by atoms with van der Waals surface area (Å²) in [6.07, 6.45) is 0.492. The van der Waals surface area contributed by atoms with Crippen LogP contribution in [0.25, 0.3) is 0 Å². The zero-order valence-corrected chi connectivity index (χ0v) is 26.8. The molecule has 2 atom stereocenters. The first-order chi connectivity index (χ1) is 20.4. The number of hydrogen-bond donors (Lipinski definition) is 1. The maximum atomic E-state index is 14.0. The summed E-state index contributed by atoms with van der Waals surface area (Å²) in [6.45, 7) is 2.08. The van der Waals surface area contributed by atoms with Gasteiger partial charge in [-0.05, 0) is 67.6 Å². The lowest BCUT2D eigenvalue weighted by Gasteiger charge is -2.46. The van der Waals surface area contributed by atoms with Crippen molar-refractivity contribution in [2.24, 2.45) is 0 Å². The van der Waals surface area contributed by atoms with Crippen molar-refractivity contribution in [2.75, 3.05) is 31.0 Å². The van der Waals surface area contributed by atoms with E-state index in [1.807, 2.05) is 85.8 Å². The number of hydrogen-bond acceptors (Lipinski definition) is 6. The van der Waals surface area contributed by atoms with Crippen LogP contribution in [0.2, 0.25) is 0 Å². The van der Waals surface area contributed by atoms with Gasteiger partial charge >= 0.3 is 5.97 Å². The van der Waals surface area contributed by atoms with Gasteiger partial charge in [0.15, 0.2) is 0 Å². The van der Waals surface area contributed by atoms with Crippen LogP contribution in [0.1, 0.15) is 36.6 Å². The Morgan fingerprint density at radius 1 is 0.810 bits per heavy atom. The minimum absolute atomic E-state index is 0.214. The van der Waals surface area contributed by atoms with E-state index < -0.39 is 6.04 Å². The number of benzene rings is 4. The van der Waals surface area contributed by atoms with Gasteiger partial charge in [0, 0.05) is 43.6 Å². The van der Waals surface area contributed by atoms with Gasteiger partial charge in [0.05, 0.1) is 38.5 Å². The number of rotatable bonds is 9. The van der Waals surface area contributed by atoms with E-state index in [-0.39, 0.29) is 18.6 Å². The van der Waals surface area contributed by atoms with Crippen LogP contribution >= 0.6 is 31.9 Å². The van der Waals surface area contributed by atoms with Crippen molar-refractivity contribution in [1.29, 1.82) is 0 Å². The first kappa shape index (κ1) is 29.7. The van der Waals surface area contributed by atoms with Crippen LogP contribution in [0.15, 0.2) is 117 Å². The topological polar surface area (TPSA) is 60.0 Å². The normalized spacial score (nSPS) is 16.6. The number of para-hydroxylation sites is 2. The van der Waals surface area contributed by atoms with Gasteiger partial charge < -0.3 is 24.4 Å². The quantitative estimate of drug-likeness (QED) is 0.177.